The lowest BCUT2D eigenvalue weighted by Crippen LogP contribution is -2.57. The Hall–Kier alpha value is -4.65. The smallest absolute Gasteiger partial charge is 0.326 e. The number of carboxylic acids is 1. The fourth-order valence-electron chi connectivity index (χ4n) is 4.84. The molecule has 0 saturated carbocycles. The number of aromatic hydroxyl groups is 1. The van der Waals surface area contributed by atoms with Gasteiger partial charge in [0.15, 0.2) is 5.96 Å². The summed E-state index contributed by atoms with van der Waals surface area (Å²) in [6.45, 7) is 0.476. The van der Waals surface area contributed by atoms with Crippen LogP contribution in [0, 0.1) is 0 Å². The van der Waals surface area contributed by atoms with Gasteiger partial charge in [-0.3, -0.25) is 19.4 Å². The highest BCUT2D eigenvalue weighted by Gasteiger charge is 2.38. The van der Waals surface area contributed by atoms with E-state index in [1.807, 2.05) is 18.2 Å². The Balaban J connectivity index is 1.78. The minimum Gasteiger partial charge on any atom is -0.508 e. The zero-order valence-electron chi connectivity index (χ0n) is 23.3. The van der Waals surface area contributed by atoms with Crippen molar-refractivity contribution in [1.29, 1.82) is 0 Å². The van der Waals surface area contributed by atoms with E-state index in [2.05, 4.69) is 15.6 Å². The highest BCUT2D eigenvalue weighted by Crippen LogP contribution is 2.20. The number of aliphatic carboxylic acids is 1. The zero-order valence-corrected chi connectivity index (χ0v) is 23.3. The summed E-state index contributed by atoms with van der Waals surface area (Å²) in [5.74, 6) is -2.84. The van der Waals surface area contributed by atoms with Crippen molar-refractivity contribution in [1.82, 2.24) is 15.5 Å². The molecule has 10 N–H and O–H groups in total. The van der Waals surface area contributed by atoms with Gasteiger partial charge in [0, 0.05) is 19.5 Å². The number of carbonyl (C=O) groups is 4. The Labute approximate surface area is 244 Å². The van der Waals surface area contributed by atoms with E-state index in [-0.39, 0.29) is 44.1 Å². The van der Waals surface area contributed by atoms with Crippen molar-refractivity contribution in [3.8, 4) is 5.75 Å². The van der Waals surface area contributed by atoms with Crippen molar-refractivity contribution in [3.63, 3.8) is 0 Å². The molecule has 2 aromatic rings. The van der Waals surface area contributed by atoms with Crippen molar-refractivity contribution in [2.24, 2.45) is 22.2 Å². The number of likely N-dealkylation sites (tertiary alicyclic amines) is 1. The Kier molecular flexibility index (Phi) is 11.7. The van der Waals surface area contributed by atoms with E-state index in [1.165, 1.54) is 17.0 Å². The van der Waals surface area contributed by atoms with Crippen molar-refractivity contribution in [2.75, 3.05) is 13.1 Å². The number of carbonyl (C=O) groups excluding carboxylic acids is 3. The van der Waals surface area contributed by atoms with Gasteiger partial charge in [0.05, 0.1) is 6.04 Å². The summed E-state index contributed by atoms with van der Waals surface area (Å²) in [6, 6.07) is 11.2. The summed E-state index contributed by atoms with van der Waals surface area (Å²) in [7, 11) is 0. The van der Waals surface area contributed by atoms with Gasteiger partial charge in [-0.25, -0.2) is 4.79 Å². The van der Waals surface area contributed by atoms with Gasteiger partial charge in [0.2, 0.25) is 17.7 Å². The third-order valence-corrected chi connectivity index (χ3v) is 7.03. The fourth-order valence-corrected chi connectivity index (χ4v) is 4.84. The number of hydrogen-bond donors (Lipinski definition) is 7. The Morgan fingerprint density at radius 3 is 2.21 bits per heavy atom. The number of phenols is 1. The summed E-state index contributed by atoms with van der Waals surface area (Å²) in [4.78, 5) is 57.2. The first-order valence-corrected chi connectivity index (χ1v) is 13.8. The molecule has 13 nitrogen and oxygen atoms in total. The average molecular weight is 582 g/mol. The van der Waals surface area contributed by atoms with Crippen molar-refractivity contribution < 1.29 is 29.4 Å². The summed E-state index contributed by atoms with van der Waals surface area (Å²) < 4.78 is 0. The van der Waals surface area contributed by atoms with E-state index in [1.54, 1.807) is 24.3 Å². The highest BCUT2D eigenvalue weighted by molar-refractivity contribution is 5.94. The summed E-state index contributed by atoms with van der Waals surface area (Å²) in [6.07, 6.45) is 1.65. The predicted molar refractivity (Wildman–Crippen MR) is 156 cm³/mol. The topological polar surface area (TPSA) is 226 Å². The average Bonchev–Trinajstić information content (AvgIpc) is 3.46. The van der Waals surface area contributed by atoms with Crippen LogP contribution in [0.1, 0.15) is 36.8 Å². The SMILES string of the molecule is NC(N)=NCCCC(NC(=O)C(N)Cc1ccc(O)cc1)C(=O)NC(Cc1ccccc1)C(=O)N1CCCC1C(=O)O. The molecule has 1 aliphatic heterocycles. The number of carboxylic acid groups (broad SMARTS) is 1. The van der Waals surface area contributed by atoms with E-state index in [0.717, 1.165) is 11.1 Å². The number of rotatable bonds is 14. The molecule has 2 aromatic carbocycles. The number of nitrogens with two attached hydrogens (primary N) is 3. The zero-order chi connectivity index (χ0) is 30.6. The molecular formula is C29H39N7O6. The monoisotopic (exact) mass is 581 g/mol. The molecule has 1 aliphatic rings. The van der Waals surface area contributed by atoms with Gasteiger partial charge < -0.3 is 42.9 Å². The molecule has 1 heterocycles. The number of phenolic OH excluding ortho intramolecular Hbond substituents is 1. The molecule has 1 saturated heterocycles. The second-order valence-corrected chi connectivity index (χ2v) is 10.3. The second kappa shape index (κ2) is 15.4. The van der Waals surface area contributed by atoms with Gasteiger partial charge in [0.25, 0.3) is 0 Å². The number of nitrogens with zero attached hydrogens (tertiary/aromatic N) is 2. The van der Waals surface area contributed by atoms with Gasteiger partial charge >= 0.3 is 5.97 Å². The summed E-state index contributed by atoms with van der Waals surface area (Å²) in [5, 5.41) is 24.6. The normalized spacial score (nSPS) is 16.6. The van der Waals surface area contributed by atoms with Crippen molar-refractivity contribution in [2.45, 2.75) is 62.7 Å². The maximum absolute atomic E-state index is 13.6. The van der Waals surface area contributed by atoms with Crippen LogP contribution in [0.2, 0.25) is 0 Å². The van der Waals surface area contributed by atoms with Gasteiger partial charge in [0.1, 0.15) is 23.9 Å². The molecule has 0 bridgehead atoms. The van der Waals surface area contributed by atoms with Crippen LogP contribution in [-0.2, 0) is 32.0 Å². The molecule has 4 unspecified atom stereocenters. The Morgan fingerprint density at radius 1 is 0.929 bits per heavy atom. The molecule has 3 rings (SSSR count). The van der Waals surface area contributed by atoms with E-state index >= 15 is 0 Å². The van der Waals surface area contributed by atoms with Crippen LogP contribution in [0.4, 0.5) is 0 Å². The Bertz CT molecular complexity index is 1250. The van der Waals surface area contributed by atoms with Crippen molar-refractivity contribution in [3.05, 3.63) is 65.7 Å². The van der Waals surface area contributed by atoms with Gasteiger partial charge in [-0.15, -0.1) is 0 Å². The molecule has 4 atom stereocenters. The quantitative estimate of drug-likeness (QED) is 0.0874. The molecule has 0 aromatic heterocycles. The third kappa shape index (κ3) is 9.47. The second-order valence-electron chi connectivity index (χ2n) is 10.3. The van der Waals surface area contributed by atoms with E-state index in [9.17, 15) is 29.4 Å². The summed E-state index contributed by atoms with van der Waals surface area (Å²) >= 11 is 0. The molecule has 0 aliphatic carbocycles. The number of guanidine groups is 1. The van der Waals surface area contributed by atoms with Gasteiger partial charge in [-0.05, 0) is 55.4 Å². The minimum atomic E-state index is -1.10. The van der Waals surface area contributed by atoms with Crippen LogP contribution in [0.15, 0.2) is 59.6 Å². The molecule has 42 heavy (non-hydrogen) atoms. The van der Waals surface area contributed by atoms with Gasteiger partial charge in [-0.2, -0.15) is 0 Å². The van der Waals surface area contributed by atoms with Crippen molar-refractivity contribution >= 4 is 29.7 Å². The molecule has 13 heteroatoms. The Morgan fingerprint density at radius 2 is 1.57 bits per heavy atom. The standard InChI is InChI=1S/C29H39N7O6/c30-21(16-19-10-12-20(37)13-11-19)25(38)34-22(8-4-14-33-29(31)32)26(39)35-23(17-18-6-2-1-3-7-18)27(40)36-15-5-9-24(36)28(41)42/h1-3,6-7,10-13,21-24,37H,4-5,8-9,14-17,30H2,(H,34,38)(H,35,39)(H,41,42)(H4,31,32,33). The number of nitrogens with one attached hydrogen (secondary N) is 2. The minimum absolute atomic E-state index is 0.0810. The molecular weight excluding hydrogens is 542 g/mol. The lowest BCUT2D eigenvalue weighted by Gasteiger charge is -2.29. The molecule has 0 spiro atoms. The first-order valence-electron chi connectivity index (χ1n) is 13.8. The van der Waals surface area contributed by atoms with E-state index < -0.39 is 47.9 Å². The highest BCUT2D eigenvalue weighted by atomic mass is 16.4. The third-order valence-electron chi connectivity index (χ3n) is 7.03. The van der Waals surface area contributed by atoms with Crippen LogP contribution in [-0.4, -0.2) is 82.0 Å². The lowest BCUT2D eigenvalue weighted by molar-refractivity contribution is -0.149. The van der Waals surface area contributed by atoms with E-state index in [0.29, 0.717) is 19.3 Å². The largest absolute Gasteiger partial charge is 0.508 e. The maximum atomic E-state index is 13.6. The predicted octanol–water partition coefficient (Wildman–Crippen LogP) is -0.396. The van der Waals surface area contributed by atoms with Crippen LogP contribution in [0.25, 0.3) is 0 Å². The molecule has 1 fully saturated rings. The number of benzene rings is 2. The first-order chi connectivity index (χ1) is 20.0. The number of amides is 3. The first kappa shape index (κ1) is 31.9. The van der Waals surface area contributed by atoms with Crippen LogP contribution in [0.5, 0.6) is 5.75 Å². The summed E-state index contributed by atoms with van der Waals surface area (Å²) in [5.41, 5.74) is 18.4. The molecule has 226 valence electrons. The molecule has 0 radical (unpaired) electrons. The number of aliphatic imine (C=N–C) groups is 1. The van der Waals surface area contributed by atoms with Crippen LogP contribution < -0.4 is 27.8 Å². The van der Waals surface area contributed by atoms with Crippen LogP contribution in [0.3, 0.4) is 0 Å². The maximum Gasteiger partial charge on any atom is 0.326 e. The van der Waals surface area contributed by atoms with Gasteiger partial charge in [-0.1, -0.05) is 42.5 Å². The lowest BCUT2D eigenvalue weighted by atomic mass is 10.0. The van der Waals surface area contributed by atoms with Crippen LogP contribution >= 0.6 is 0 Å². The molecule has 3 amide bonds. The number of hydrogen-bond acceptors (Lipinski definition) is 7. The van der Waals surface area contributed by atoms with E-state index in [4.69, 9.17) is 17.2 Å². The fraction of sp³-hybridized carbons (Fsp3) is 0.414.